The molecule has 2 rings (SSSR count). The van der Waals surface area contributed by atoms with Gasteiger partial charge < -0.3 is 5.73 Å². The van der Waals surface area contributed by atoms with Crippen LogP contribution in [-0.4, -0.2) is 5.24 Å². The lowest BCUT2D eigenvalue weighted by molar-refractivity contribution is -0.116. The van der Waals surface area contributed by atoms with Gasteiger partial charge in [-0.1, -0.05) is 36.4 Å². The fraction of sp³-hybridized carbons (Fsp3) is 0.188. The average molecular weight is 292 g/mol. The Morgan fingerprint density at radius 1 is 1.25 bits per heavy atom. The maximum atomic E-state index is 14.1. The van der Waals surface area contributed by atoms with Gasteiger partial charge in [0.1, 0.15) is 5.82 Å². The zero-order valence-corrected chi connectivity index (χ0v) is 11.8. The lowest BCUT2D eigenvalue weighted by atomic mass is 9.78. The van der Waals surface area contributed by atoms with E-state index in [4.69, 9.17) is 17.3 Å². The minimum absolute atomic E-state index is 0.260. The van der Waals surface area contributed by atoms with Crippen molar-refractivity contribution in [3.05, 3.63) is 65.5 Å². The highest BCUT2D eigenvalue weighted by Gasteiger charge is 2.36. The Balaban J connectivity index is 2.47. The van der Waals surface area contributed by atoms with Crippen LogP contribution in [-0.2, 0) is 16.6 Å². The molecule has 0 aliphatic heterocycles. The van der Waals surface area contributed by atoms with Crippen LogP contribution in [0.3, 0.4) is 0 Å². The van der Waals surface area contributed by atoms with Crippen molar-refractivity contribution in [3.63, 3.8) is 0 Å². The molecule has 0 saturated heterocycles. The molecule has 4 heteroatoms. The normalized spacial score (nSPS) is 13.8. The number of rotatable bonds is 4. The Labute approximate surface area is 122 Å². The Hall–Kier alpha value is -1.87. The topological polar surface area (TPSA) is 43.1 Å². The lowest BCUT2D eigenvalue weighted by Crippen LogP contribution is -2.33. The standard InChI is InChI=1S/C16H15ClFNO/c1-16(15(17)20,10-11-5-3-2-4-6-11)13-8-7-12(19)9-14(13)18/h2-9H,10,19H2,1H3. The highest BCUT2D eigenvalue weighted by atomic mass is 35.5. The smallest absolute Gasteiger partial charge is 0.232 e. The zero-order chi connectivity index (χ0) is 14.8. The number of carbonyl (C=O) groups is 1. The second kappa shape index (κ2) is 5.63. The molecule has 0 heterocycles. The molecule has 2 N–H and O–H groups in total. The molecule has 2 nitrogen and oxygen atoms in total. The number of halogens is 2. The van der Waals surface area contributed by atoms with Gasteiger partial charge in [-0.15, -0.1) is 0 Å². The monoisotopic (exact) mass is 291 g/mol. The van der Waals surface area contributed by atoms with Crippen LogP contribution < -0.4 is 5.73 Å². The van der Waals surface area contributed by atoms with Crippen LogP contribution in [0.5, 0.6) is 0 Å². The van der Waals surface area contributed by atoms with Gasteiger partial charge in [-0.25, -0.2) is 4.39 Å². The van der Waals surface area contributed by atoms with Gasteiger partial charge >= 0.3 is 0 Å². The highest BCUT2D eigenvalue weighted by Crippen LogP contribution is 2.33. The molecule has 2 aromatic rings. The van der Waals surface area contributed by atoms with Crippen molar-refractivity contribution in [3.8, 4) is 0 Å². The third-order valence-corrected chi connectivity index (χ3v) is 3.84. The van der Waals surface area contributed by atoms with Crippen molar-refractivity contribution in [1.29, 1.82) is 0 Å². The van der Waals surface area contributed by atoms with Crippen molar-refractivity contribution < 1.29 is 9.18 Å². The van der Waals surface area contributed by atoms with E-state index in [1.165, 1.54) is 12.1 Å². The Morgan fingerprint density at radius 2 is 1.90 bits per heavy atom. The summed E-state index contributed by atoms with van der Waals surface area (Å²) in [6.07, 6.45) is 0.330. The van der Waals surface area contributed by atoms with Gasteiger partial charge in [0.25, 0.3) is 0 Å². The SMILES string of the molecule is CC(Cc1ccccc1)(C(=O)Cl)c1ccc(N)cc1F. The first-order chi connectivity index (χ1) is 9.43. The van der Waals surface area contributed by atoms with Crippen LogP contribution in [0.15, 0.2) is 48.5 Å². The molecule has 0 aliphatic rings. The summed E-state index contributed by atoms with van der Waals surface area (Å²) in [4.78, 5) is 11.9. The molecule has 0 saturated carbocycles. The molecular formula is C16H15ClFNO. The molecule has 2 aromatic carbocycles. The quantitative estimate of drug-likeness (QED) is 0.690. The molecule has 0 bridgehead atoms. The van der Waals surface area contributed by atoms with Crippen LogP contribution >= 0.6 is 11.6 Å². The summed E-state index contributed by atoms with van der Waals surface area (Å²) in [6, 6.07) is 13.7. The summed E-state index contributed by atoms with van der Waals surface area (Å²) < 4.78 is 14.1. The molecule has 0 aliphatic carbocycles. The number of nitrogens with two attached hydrogens (primary N) is 1. The minimum atomic E-state index is -1.12. The number of hydrogen-bond acceptors (Lipinski definition) is 2. The first-order valence-corrected chi connectivity index (χ1v) is 6.60. The van der Waals surface area contributed by atoms with Crippen molar-refractivity contribution in [2.75, 3.05) is 5.73 Å². The first-order valence-electron chi connectivity index (χ1n) is 6.23. The molecule has 1 unspecified atom stereocenters. The van der Waals surface area contributed by atoms with E-state index in [1.54, 1.807) is 13.0 Å². The van der Waals surface area contributed by atoms with Crippen molar-refractivity contribution in [2.45, 2.75) is 18.8 Å². The number of carbonyl (C=O) groups excluding carboxylic acids is 1. The molecular weight excluding hydrogens is 277 g/mol. The predicted octanol–water partition coefficient (Wildman–Crippen LogP) is 3.67. The van der Waals surface area contributed by atoms with Gasteiger partial charge in [-0.3, -0.25) is 4.79 Å². The molecule has 20 heavy (non-hydrogen) atoms. The van der Waals surface area contributed by atoms with Crippen molar-refractivity contribution in [1.82, 2.24) is 0 Å². The Bertz CT molecular complexity index is 630. The summed E-state index contributed by atoms with van der Waals surface area (Å²) in [5.41, 5.74) is 5.91. The van der Waals surface area contributed by atoms with Gasteiger partial charge in [0.05, 0.1) is 5.41 Å². The van der Waals surface area contributed by atoms with Gasteiger partial charge in [0.15, 0.2) is 0 Å². The second-order valence-electron chi connectivity index (χ2n) is 5.01. The maximum Gasteiger partial charge on any atom is 0.232 e. The summed E-state index contributed by atoms with van der Waals surface area (Å²) in [6.45, 7) is 1.64. The van der Waals surface area contributed by atoms with Gasteiger partial charge in [-0.2, -0.15) is 0 Å². The van der Waals surface area contributed by atoms with E-state index in [1.807, 2.05) is 30.3 Å². The van der Waals surface area contributed by atoms with E-state index in [2.05, 4.69) is 0 Å². The van der Waals surface area contributed by atoms with Crippen LogP contribution in [0.2, 0.25) is 0 Å². The van der Waals surface area contributed by atoms with E-state index >= 15 is 0 Å². The summed E-state index contributed by atoms with van der Waals surface area (Å²) in [7, 11) is 0. The summed E-state index contributed by atoms with van der Waals surface area (Å²) in [5.74, 6) is -0.516. The molecule has 0 amide bonds. The second-order valence-corrected chi connectivity index (χ2v) is 5.35. The van der Waals surface area contributed by atoms with Crippen LogP contribution in [0.25, 0.3) is 0 Å². The zero-order valence-electron chi connectivity index (χ0n) is 11.1. The Morgan fingerprint density at radius 3 is 2.45 bits per heavy atom. The molecule has 0 aromatic heterocycles. The largest absolute Gasteiger partial charge is 0.399 e. The molecule has 104 valence electrons. The number of hydrogen-bond donors (Lipinski definition) is 1. The lowest BCUT2D eigenvalue weighted by Gasteiger charge is -2.26. The van der Waals surface area contributed by atoms with Crippen LogP contribution in [0.4, 0.5) is 10.1 Å². The average Bonchev–Trinajstić information content (AvgIpc) is 2.39. The fourth-order valence-electron chi connectivity index (χ4n) is 2.25. The van der Waals surface area contributed by atoms with E-state index in [0.29, 0.717) is 12.1 Å². The molecule has 0 radical (unpaired) electrons. The molecule has 0 fully saturated rings. The van der Waals surface area contributed by atoms with Gasteiger partial charge in [0, 0.05) is 11.3 Å². The number of anilines is 1. The number of nitrogen functional groups attached to an aromatic ring is 1. The fourth-order valence-corrected chi connectivity index (χ4v) is 2.42. The summed E-state index contributed by atoms with van der Waals surface area (Å²) >= 11 is 5.74. The molecule has 1 atom stereocenters. The molecule has 0 spiro atoms. The highest BCUT2D eigenvalue weighted by molar-refractivity contribution is 6.65. The van der Waals surface area contributed by atoms with E-state index < -0.39 is 16.5 Å². The van der Waals surface area contributed by atoms with E-state index in [9.17, 15) is 9.18 Å². The van der Waals surface area contributed by atoms with Gasteiger partial charge in [0.2, 0.25) is 5.24 Å². The Kier molecular flexibility index (Phi) is 4.09. The minimum Gasteiger partial charge on any atom is -0.399 e. The van der Waals surface area contributed by atoms with Gasteiger partial charge in [-0.05, 0) is 42.6 Å². The first kappa shape index (κ1) is 14.5. The van der Waals surface area contributed by atoms with Crippen LogP contribution in [0, 0.1) is 5.82 Å². The number of benzene rings is 2. The predicted molar refractivity (Wildman–Crippen MR) is 79.2 cm³/mol. The van der Waals surface area contributed by atoms with Crippen molar-refractivity contribution >= 4 is 22.5 Å². The van der Waals surface area contributed by atoms with E-state index in [-0.39, 0.29) is 5.56 Å². The van der Waals surface area contributed by atoms with E-state index in [0.717, 1.165) is 5.56 Å². The third kappa shape index (κ3) is 2.83. The maximum absolute atomic E-state index is 14.1. The third-order valence-electron chi connectivity index (χ3n) is 3.42. The van der Waals surface area contributed by atoms with Crippen molar-refractivity contribution in [2.24, 2.45) is 0 Å². The van der Waals surface area contributed by atoms with Crippen LogP contribution in [0.1, 0.15) is 18.1 Å². The summed E-state index contributed by atoms with van der Waals surface area (Å²) in [5, 5.41) is -0.593.